The van der Waals surface area contributed by atoms with Gasteiger partial charge in [-0.2, -0.15) is 0 Å². The molecule has 0 aliphatic carbocycles. The van der Waals surface area contributed by atoms with Gasteiger partial charge < -0.3 is 21.3 Å². The van der Waals surface area contributed by atoms with Crippen LogP contribution in [0.5, 0.6) is 0 Å². The number of hydrogen-bond acceptors (Lipinski definition) is 6. The summed E-state index contributed by atoms with van der Waals surface area (Å²) in [6.07, 6.45) is 3.65. The van der Waals surface area contributed by atoms with Gasteiger partial charge in [0.15, 0.2) is 0 Å². The van der Waals surface area contributed by atoms with Gasteiger partial charge >= 0.3 is 0 Å². The van der Waals surface area contributed by atoms with E-state index in [2.05, 4.69) is 31.2 Å². The molecular weight excluding hydrogens is 300 g/mol. The second-order valence-electron chi connectivity index (χ2n) is 5.50. The van der Waals surface area contributed by atoms with Crippen molar-refractivity contribution in [3.8, 4) is 0 Å². The van der Waals surface area contributed by atoms with Gasteiger partial charge in [0.25, 0.3) is 0 Å². The zero-order chi connectivity index (χ0) is 16.7. The molecule has 6 nitrogen and oxygen atoms in total. The molecule has 0 radical (unpaired) electrons. The molecule has 2 heterocycles. The minimum Gasteiger partial charge on any atom is -0.314 e. The summed E-state index contributed by atoms with van der Waals surface area (Å²) < 4.78 is 0. The predicted octanol–water partition coefficient (Wildman–Crippen LogP) is 0.535. The van der Waals surface area contributed by atoms with Crippen LogP contribution in [0.1, 0.15) is 11.4 Å². The lowest BCUT2D eigenvalue weighted by Gasteiger charge is -2.08. The van der Waals surface area contributed by atoms with Gasteiger partial charge in [-0.1, -0.05) is 12.1 Å². The fourth-order valence-corrected chi connectivity index (χ4v) is 2.22. The molecule has 0 amide bonds. The van der Waals surface area contributed by atoms with Crippen molar-refractivity contribution < 1.29 is 0 Å². The monoisotopic (exact) mass is 328 g/mol. The van der Waals surface area contributed by atoms with Crippen molar-refractivity contribution in [3.05, 3.63) is 60.2 Å². The Morgan fingerprint density at radius 2 is 0.958 bits per heavy atom. The Morgan fingerprint density at radius 1 is 0.542 bits per heavy atom. The van der Waals surface area contributed by atoms with E-state index in [4.69, 9.17) is 0 Å². The van der Waals surface area contributed by atoms with Gasteiger partial charge in [0.2, 0.25) is 0 Å². The van der Waals surface area contributed by atoms with Crippen molar-refractivity contribution in [1.29, 1.82) is 0 Å². The molecular formula is C18H28N6. The van der Waals surface area contributed by atoms with E-state index in [1.165, 1.54) is 0 Å². The molecule has 0 aliphatic heterocycles. The first-order chi connectivity index (χ1) is 11.9. The summed E-state index contributed by atoms with van der Waals surface area (Å²) in [5.41, 5.74) is 2.16. The van der Waals surface area contributed by atoms with Crippen LogP contribution < -0.4 is 21.3 Å². The van der Waals surface area contributed by atoms with Crippen molar-refractivity contribution in [2.75, 3.05) is 39.3 Å². The van der Waals surface area contributed by atoms with Crippen LogP contribution in [0.15, 0.2) is 48.8 Å². The maximum Gasteiger partial charge on any atom is 0.0541 e. The lowest BCUT2D eigenvalue weighted by molar-refractivity contribution is 0.563. The fraction of sp³-hybridized carbons (Fsp3) is 0.444. The third kappa shape index (κ3) is 8.69. The second-order valence-corrected chi connectivity index (χ2v) is 5.50. The number of nitrogens with one attached hydrogen (secondary N) is 4. The summed E-state index contributed by atoms with van der Waals surface area (Å²) in [5.74, 6) is 0. The zero-order valence-corrected chi connectivity index (χ0v) is 14.2. The Kier molecular flexibility index (Phi) is 9.66. The van der Waals surface area contributed by atoms with Crippen molar-refractivity contribution in [2.24, 2.45) is 0 Å². The highest BCUT2D eigenvalue weighted by molar-refractivity contribution is 5.03. The number of rotatable bonds is 13. The first-order valence-electron chi connectivity index (χ1n) is 8.58. The topological polar surface area (TPSA) is 73.9 Å². The van der Waals surface area contributed by atoms with Gasteiger partial charge in [0, 0.05) is 64.8 Å². The molecule has 0 bridgehead atoms. The molecule has 0 fully saturated rings. The fourth-order valence-electron chi connectivity index (χ4n) is 2.22. The van der Waals surface area contributed by atoms with Gasteiger partial charge in [0.1, 0.15) is 0 Å². The minimum absolute atomic E-state index is 0.822. The Labute approximate surface area is 144 Å². The summed E-state index contributed by atoms with van der Waals surface area (Å²) in [4.78, 5) is 8.56. The lowest BCUT2D eigenvalue weighted by atomic mass is 10.3. The molecule has 2 rings (SSSR count). The first kappa shape index (κ1) is 18.5. The summed E-state index contributed by atoms with van der Waals surface area (Å²) >= 11 is 0. The molecule has 0 atom stereocenters. The highest BCUT2D eigenvalue weighted by atomic mass is 15.0. The maximum atomic E-state index is 4.28. The molecule has 4 N–H and O–H groups in total. The van der Waals surface area contributed by atoms with E-state index in [0.717, 1.165) is 63.7 Å². The number of nitrogens with zero attached hydrogens (tertiary/aromatic N) is 2. The Bertz CT molecular complexity index is 470. The van der Waals surface area contributed by atoms with E-state index in [9.17, 15) is 0 Å². The summed E-state index contributed by atoms with van der Waals surface area (Å²) in [7, 11) is 0. The molecule has 130 valence electrons. The molecule has 0 saturated heterocycles. The van der Waals surface area contributed by atoms with Gasteiger partial charge in [-0.25, -0.2) is 0 Å². The molecule has 0 aromatic carbocycles. The van der Waals surface area contributed by atoms with Crippen molar-refractivity contribution in [2.45, 2.75) is 13.1 Å². The van der Waals surface area contributed by atoms with Gasteiger partial charge in [-0.3, -0.25) is 9.97 Å². The molecule has 0 aliphatic rings. The van der Waals surface area contributed by atoms with Crippen molar-refractivity contribution >= 4 is 0 Å². The molecule has 0 saturated carbocycles. The largest absolute Gasteiger partial charge is 0.314 e. The highest BCUT2D eigenvalue weighted by Crippen LogP contribution is 1.91. The molecule has 0 spiro atoms. The molecule has 6 heteroatoms. The number of aromatic nitrogens is 2. The first-order valence-corrected chi connectivity index (χ1v) is 8.58. The van der Waals surface area contributed by atoms with Crippen LogP contribution in [0.4, 0.5) is 0 Å². The van der Waals surface area contributed by atoms with E-state index in [0.29, 0.717) is 0 Å². The van der Waals surface area contributed by atoms with E-state index in [1.54, 1.807) is 0 Å². The normalized spacial score (nSPS) is 10.8. The van der Waals surface area contributed by atoms with Crippen LogP contribution in [0.2, 0.25) is 0 Å². The third-order valence-corrected chi connectivity index (χ3v) is 3.50. The standard InChI is InChI=1S/C18H28N6/c1-3-7-23-17(5-1)15-21-13-11-19-9-10-20-12-14-22-16-18-6-2-4-8-24-18/h1-8,19-22H,9-16H2. The second kappa shape index (κ2) is 12.5. The number of pyridine rings is 2. The summed E-state index contributed by atoms with van der Waals surface area (Å²) in [6, 6.07) is 12.0. The van der Waals surface area contributed by atoms with Crippen LogP contribution in [0.25, 0.3) is 0 Å². The smallest absolute Gasteiger partial charge is 0.0541 e. The van der Waals surface area contributed by atoms with E-state index in [-0.39, 0.29) is 0 Å². The third-order valence-electron chi connectivity index (χ3n) is 3.50. The van der Waals surface area contributed by atoms with Crippen LogP contribution >= 0.6 is 0 Å². The molecule has 2 aromatic rings. The Balaban J connectivity index is 1.32. The van der Waals surface area contributed by atoms with Crippen LogP contribution in [-0.2, 0) is 13.1 Å². The minimum atomic E-state index is 0.822. The van der Waals surface area contributed by atoms with Crippen LogP contribution in [-0.4, -0.2) is 49.2 Å². The quantitative estimate of drug-likeness (QED) is 0.402. The Hall–Kier alpha value is -1.86. The van der Waals surface area contributed by atoms with E-state index >= 15 is 0 Å². The number of hydrogen-bond donors (Lipinski definition) is 4. The average molecular weight is 328 g/mol. The SMILES string of the molecule is c1ccc(CNCCNCCNCCNCc2ccccn2)nc1. The predicted molar refractivity (Wildman–Crippen MR) is 97.6 cm³/mol. The van der Waals surface area contributed by atoms with Gasteiger partial charge in [-0.15, -0.1) is 0 Å². The van der Waals surface area contributed by atoms with E-state index in [1.807, 2.05) is 48.8 Å². The summed E-state index contributed by atoms with van der Waals surface area (Å²) in [6.45, 7) is 7.42. The van der Waals surface area contributed by atoms with Crippen molar-refractivity contribution in [3.63, 3.8) is 0 Å². The lowest BCUT2D eigenvalue weighted by Crippen LogP contribution is -2.35. The average Bonchev–Trinajstić information content (AvgIpc) is 2.64. The molecule has 24 heavy (non-hydrogen) atoms. The van der Waals surface area contributed by atoms with Gasteiger partial charge in [-0.05, 0) is 24.3 Å². The van der Waals surface area contributed by atoms with Crippen LogP contribution in [0, 0.1) is 0 Å². The zero-order valence-electron chi connectivity index (χ0n) is 14.2. The van der Waals surface area contributed by atoms with Crippen LogP contribution in [0.3, 0.4) is 0 Å². The maximum absolute atomic E-state index is 4.28. The Morgan fingerprint density at radius 3 is 1.33 bits per heavy atom. The van der Waals surface area contributed by atoms with Crippen molar-refractivity contribution in [1.82, 2.24) is 31.2 Å². The van der Waals surface area contributed by atoms with E-state index < -0.39 is 0 Å². The highest BCUT2D eigenvalue weighted by Gasteiger charge is 1.93. The molecule has 0 unspecified atom stereocenters. The summed E-state index contributed by atoms with van der Waals surface area (Å²) in [5, 5.41) is 13.6. The molecule has 2 aromatic heterocycles. The van der Waals surface area contributed by atoms with Gasteiger partial charge in [0.05, 0.1) is 11.4 Å².